The molecule has 0 saturated carbocycles. The van der Waals surface area contributed by atoms with Crippen LogP contribution in [0.15, 0.2) is 36.5 Å². The number of carbonyl (C=O) groups excluding carboxylic acids is 1. The average Bonchev–Trinajstić information content (AvgIpc) is 3.08. The van der Waals surface area contributed by atoms with Crippen molar-refractivity contribution in [3.63, 3.8) is 0 Å². The van der Waals surface area contributed by atoms with Gasteiger partial charge in [0.05, 0.1) is 54.6 Å². The summed E-state index contributed by atoms with van der Waals surface area (Å²) in [6.07, 6.45) is 5.30. The summed E-state index contributed by atoms with van der Waals surface area (Å²) in [7, 11) is 1.61. The number of carbonyl (C=O) groups is 1. The van der Waals surface area contributed by atoms with Gasteiger partial charge in [-0.2, -0.15) is 4.98 Å². The van der Waals surface area contributed by atoms with Crippen molar-refractivity contribution in [3.05, 3.63) is 41.6 Å². The number of halogens is 1. The van der Waals surface area contributed by atoms with Gasteiger partial charge in [0.15, 0.2) is 5.82 Å². The van der Waals surface area contributed by atoms with Crippen LogP contribution in [-0.4, -0.2) is 113 Å². The molecule has 4 aliphatic rings. The van der Waals surface area contributed by atoms with Crippen molar-refractivity contribution >= 4 is 67.7 Å². The lowest BCUT2D eigenvalue weighted by Gasteiger charge is -2.43. The van der Waals surface area contributed by atoms with Crippen LogP contribution in [0, 0.1) is 0 Å². The number of rotatable bonds is 5. The number of amides is 1. The molecule has 2 saturated heterocycles. The molecule has 0 radical (unpaired) electrons. The second-order valence-corrected chi connectivity index (χ2v) is 15.1. The Morgan fingerprint density at radius 3 is 2.47 bits per heavy atom. The molecule has 2 aromatic carbocycles. The van der Waals surface area contributed by atoms with Gasteiger partial charge in [0.25, 0.3) is 0 Å². The molecule has 3 aromatic rings. The minimum atomic E-state index is -3.62. The standard InChI is InChI=1S/C33H44ClN9O5S/c1-40-13-15-42(16-14-40)22-9-11-43(12-10-22)29-20-30(47-3)27-19-26(29)36-31(44)6-5-17-48-23-7-8-25(28(18-23)41(2)49(4,45)46)37-32-24(34)21-35-33(38-27)39-32/h7-8,18-22H,5-6,9-17H2,1-4H3,(H,36,44)(H2,35,37,38,39). The molecule has 1 aromatic heterocycles. The highest BCUT2D eigenvalue weighted by molar-refractivity contribution is 7.92. The first-order valence-electron chi connectivity index (χ1n) is 16.5. The summed E-state index contributed by atoms with van der Waals surface area (Å²) in [5, 5.41) is 9.77. The third-order valence-electron chi connectivity index (χ3n) is 9.32. The number of anilines is 7. The van der Waals surface area contributed by atoms with Crippen molar-refractivity contribution in [3.8, 4) is 11.5 Å². The van der Waals surface area contributed by atoms with Crippen molar-refractivity contribution in [2.24, 2.45) is 0 Å². The Bertz CT molecular complexity index is 1780. The lowest BCUT2D eigenvalue weighted by atomic mass is 10.0. The topological polar surface area (TPSA) is 144 Å². The molecule has 2 fully saturated rings. The monoisotopic (exact) mass is 713 g/mol. The van der Waals surface area contributed by atoms with E-state index in [9.17, 15) is 13.2 Å². The quantitative estimate of drug-likeness (QED) is 0.346. The van der Waals surface area contributed by atoms with Gasteiger partial charge in [-0.25, -0.2) is 13.4 Å². The molecule has 3 N–H and O–H groups in total. The normalized spacial score (nSPS) is 18.4. The van der Waals surface area contributed by atoms with Crippen LogP contribution < -0.4 is 34.6 Å². The van der Waals surface area contributed by atoms with Crippen LogP contribution in [-0.2, 0) is 14.8 Å². The predicted molar refractivity (Wildman–Crippen MR) is 194 cm³/mol. The highest BCUT2D eigenvalue weighted by atomic mass is 35.5. The van der Waals surface area contributed by atoms with Crippen molar-refractivity contribution in [2.45, 2.75) is 31.7 Å². The Balaban J connectivity index is 1.32. The number of piperidine rings is 1. The minimum Gasteiger partial charge on any atom is -0.494 e. The van der Waals surface area contributed by atoms with Crippen LogP contribution in [0.25, 0.3) is 0 Å². The van der Waals surface area contributed by atoms with Gasteiger partial charge in [0.2, 0.25) is 21.9 Å². The maximum Gasteiger partial charge on any atom is 0.232 e. The molecule has 0 unspecified atom stereocenters. The molecule has 5 heterocycles. The fraction of sp³-hybridized carbons (Fsp3) is 0.485. The van der Waals surface area contributed by atoms with E-state index in [4.69, 9.17) is 21.1 Å². The summed E-state index contributed by atoms with van der Waals surface area (Å²) in [4.78, 5) is 29.6. The molecule has 4 aliphatic heterocycles. The molecule has 16 heteroatoms. The van der Waals surface area contributed by atoms with Gasteiger partial charge in [-0.05, 0) is 44.5 Å². The van der Waals surface area contributed by atoms with Gasteiger partial charge >= 0.3 is 0 Å². The number of piperazine rings is 1. The summed E-state index contributed by atoms with van der Waals surface area (Å²) in [6, 6.07) is 9.36. The van der Waals surface area contributed by atoms with E-state index < -0.39 is 10.0 Å². The maximum absolute atomic E-state index is 13.3. The van der Waals surface area contributed by atoms with Crippen LogP contribution in [0.1, 0.15) is 25.7 Å². The first-order valence-corrected chi connectivity index (χ1v) is 18.7. The molecule has 49 heavy (non-hydrogen) atoms. The fourth-order valence-electron chi connectivity index (χ4n) is 6.40. The minimum absolute atomic E-state index is 0.156. The highest BCUT2D eigenvalue weighted by Crippen LogP contribution is 2.40. The Morgan fingerprint density at radius 2 is 1.76 bits per heavy atom. The largest absolute Gasteiger partial charge is 0.494 e. The average molecular weight is 714 g/mol. The summed E-state index contributed by atoms with van der Waals surface area (Å²) in [6.45, 7) is 6.33. The highest BCUT2D eigenvalue weighted by Gasteiger charge is 2.29. The number of likely N-dealkylation sites (N-methyl/N-ethyl adjacent to an activating group) is 1. The van der Waals surface area contributed by atoms with E-state index in [1.165, 1.54) is 13.2 Å². The van der Waals surface area contributed by atoms with E-state index in [2.05, 4.69) is 47.7 Å². The number of fused-ring (bicyclic) bond motifs is 7. The SMILES string of the molecule is COc1cc(N2CCC(N3CCN(C)CC3)CC2)c2cc1Nc1ncc(Cl)c(n1)Nc1ccc(cc1N(C)S(C)(=O)=O)OCCCC(=O)N2. The van der Waals surface area contributed by atoms with Crippen LogP contribution in [0.3, 0.4) is 0 Å². The second kappa shape index (κ2) is 14.8. The number of methoxy groups -OCH3 is 1. The first kappa shape index (κ1) is 34.8. The molecular formula is C33H44ClN9O5S. The number of nitrogens with one attached hydrogen (secondary N) is 3. The summed E-state index contributed by atoms with van der Waals surface area (Å²) >= 11 is 6.52. The van der Waals surface area contributed by atoms with Gasteiger partial charge < -0.3 is 35.2 Å². The lowest BCUT2D eigenvalue weighted by molar-refractivity contribution is -0.116. The predicted octanol–water partition coefficient (Wildman–Crippen LogP) is 4.35. The molecular weight excluding hydrogens is 670 g/mol. The third-order valence-corrected chi connectivity index (χ3v) is 10.8. The van der Waals surface area contributed by atoms with Gasteiger partial charge in [-0.15, -0.1) is 0 Å². The molecule has 14 nitrogen and oxygen atoms in total. The van der Waals surface area contributed by atoms with Gasteiger partial charge in [0.1, 0.15) is 16.5 Å². The van der Waals surface area contributed by atoms with Crippen molar-refractivity contribution < 1.29 is 22.7 Å². The van der Waals surface area contributed by atoms with Crippen molar-refractivity contribution in [1.29, 1.82) is 0 Å². The van der Waals surface area contributed by atoms with Crippen LogP contribution in [0.2, 0.25) is 5.02 Å². The molecule has 1 amide bonds. The Labute approximate surface area is 292 Å². The number of sulfonamides is 1. The Kier molecular flexibility index (Phi) is 10.5. The maximum atomic E-state index is 13.3. The molecule has 0 atom stereocenters. The lowest BCUT2D eigenvalue weighted by Crippen LogP contribution is -2.52. The summed E-state index contributed by atoms with van der Waals surface area (Å²) < 4.78 is 38.0. The van der Waals surface area contributed by atoms with E-state index in [-0.39, 0.29) is 35.7 Å². The van der Waals surface area contributed by atoms with E-state index in [0.29, 0.717) is 46.7 Å². The van der Waals surface area contributed by atoms with Crippen molar-refractivity contribution in [1.82, 2.24) is 19.8 Å². The third kappa shape index (κ3) is 8.23. The van der Waals surface area contributed by atoms with Crippen LogP contribution >= 0.6 is 11.6 Å². The molecule has 0 spiro atoms. The van der Waals surface area contributed by atoms with E-state index in [1.807, 2.05) is 12.1 Å². The number of hydrogen-bond donors (Lipinski definition) is 3. The Morgan fingerprint density at radius 1 is 1.00 bits per heavy atom. The summed E-state index contributed by atoms with van der Waals surface area (Å²) in [5.74, 6) is 1.32. The van der Waals surface area contributed by atoms with Gasteiger partial charge in [-0.3, -0.25) is 14.0 Å². The molecule has 264 valence electrons. The Hall–Kier alpha value is -4.05. The number of hydrogen-bond acceptors (Lipinski definition) is 12. The number of benzene rings is 2. The fourth-order valence-corrected chi connectivity index (χ4v) is 7.05. The van der Waals surface area contributed by atoms with Gasteiger partial charge in [0, 0.05) is 70.9 Å². The zero-order valence-electron chi connectivity index (χ0n) is 28.3. The smallest absolute Gasteiger partial charge is 0.232 e. The summed E-state index contributed by atoms with van der Waals surface area (Å²) in [5.41, 5.74) is 2.86. The second-order valence-electron chi connectivity index (χ2n) is 12.7. The number of ether oxygens (including phenoxy) is 2. The zero-order valence-corrected chi connectivity index (χ0v) is 29.9. The first-order chi connectivity index (χ1) is 23.5. The number of nitrogens with zero attached hydrogens (tertiary/aromatic N) is 6. The van der Waals surface area contributed by atoms with Crippen LogP contribution in [0.4, 0.5) is 40.2 Å². The van der Waals surface area contributed by atoms with Crippen molar-refractivity contribution in [2.75, 3.05) is 98.5 Å². The van der Waals surface area contributed by atoms with E-state index >= 15 is 0 Å². The van der Waals surface area contributed by atoms with Gasteiger partial charge in [-0.1, -0.05) is 11.6 Å². The van der Waals surface area contributed by atoms with Crippen LogP contribution in [0.5, 0.6) is 11.5 Å². The molecule has 0 aliphatic carbocycles. The molecule has 7 rings (SSSR count). The van der Waals surface area contributed by atoms with E-state index in [0.717, 1.165) is 68.4 Å². The van der Waals surface area contributed by atoms with E-state index in [1.54, 1.807) is 25.3 Å². The zero-order chi connectivity index (χ0) is 34.7. The number of aromatic nitrogens is 2. The molecule has 6 bridgehead atoms.